The summed E-state index contributed by atoms with van der Waals surface area (Å²) in [6, 6.07) is 9.72. The van der Waals surface area contributed by atoms with E-state index < -0.39 is 0 Å². The van der Waals surface area contributed by atoms with Crippen molar-refractivity contribution in [3.05, 3.63) is 47.8 Å². The molecule has 0 saturated carbocycles. The van der Waals surface area contributed by atoms with Crippen LogP contribution in [0.1, 0.15) is 35.9 Å². The molecular weight excluding hydrogens is 240 g/mol. The molecule has 1 heterocycles. The van der Waals surface area contributed by atoms with Crippen molar-refractivity contribution >= 4 is 11.6 Å². The quantitative estimate of drug-likeness (QED) is 0.880. The maximum atomic E-state index is 12.2. The molecule has 5 heteroatoms. The van der Waals surface area contributed by atoms with Crippen LogP contribution in [0.15, 0.2) is 36.5 Å². The van der Waals surface area contributed by atoms with Crippen LogP contribution in [0.3, 0.4) is 0 Å². The highest BCUT2D eigenvalue weighted by atomic mass is 16.2. The minimum atomic E-state index is -0.201. The number of carbonyl (C=O) groups is 1. The third-order valence-corrected chi connectivity index (χ3v) is 3.03. The summed E-state index contributed by atoms with van der Waals surface area (Å²) in [7, 11) is 0. The van der Waals surface area contributed by atoms with Gasteiger partial charge in [0.15, 0.2) is 0 Å². The lowest BCUT2D eigenvalue weighted by molar-refractivity contribution is 0.0930. The predicted molar refractivity (Wildman–Crippen MR) is 74.6 cm³/mol. The molecule has 2 aromatic rings. The van der Waals surface area contributed by atoms with E-state index in [2.05, 4.69) is 10.4 Å². The molecule has 2 rings (SSSR count). The molecule has 1 aromatic carbocycles. The molecule has 1 aromatic heterocycles. The van der Waals surface area contributed by atoms with Crippen LogP contribution in [-0.4, -0.2) is 15.7 Å². The Morgan fingerprint density at radius 1 is 1.42 bits per heavy atom. The molecule has 19 heavy (non-hydrogen) atoms. The van der Waals surface area contributed by atoms with Gasteiger partial charge in [0.25, 0.3) is 5.91 Å². The second-order valence-corrected chi connectivity index (χ2v) is 4.37. The number of hydrogen-bond donors (Lipinski definition) is 2. The van der Waals surface area contributed by atoms with E-state index in [1.54, 1.807) is 4.68 Å². The Bertz CT molecular complexity index is 562. The maximum absolute atomic E-state index is 12.2. The molecular formula is C14H18N4O. The van der Waals surface area contributed by atoms with Gasteiger partial charge in [-0.3, -0.25) is 9.48 Å². The molecule has 0 unspecified atom stereocenters. The van der Waals surface area contributed by atoms with Gasteiger partial charge in [-0.05, 0) is 19.4 Å². The molecule has 5 nitrogen and oxygen atoms in total. The minimum absolute atomic E-state index is 0.0756. The molecule has 0 radical (unpaired) electrons. The zero-order valence-corrected chi connectivity index (χ0v) is 11.1. The molecule has 0 aliphatic carbocycles. The Morgan fingerprint density at radius 2 is 2.11 bits per heavy atom. The lowest BCUT2D eigenvalue weighted by atomic mass is 10.1. The first-order valence-electron chi connectivity index (χ1n) is 6.30. The average Bonchev–Trinajstić information content (AvgIpc) is 2.80. The summed E-state index contributed by atoms with van der Waals surface area (Å²) >= 11 is 0. The lowest BCUT2D eigenvalue weighted by Gasteiger charge is -2.15. The number of nitrogens with one attached hydrogen (secondary N) is 1. The largest absolute Gasteiger partial charge is 0.396 e. The number of rotatable bonds is 4. The third kappa shape index (κ3) is 2.76. The highest BCUT2D eigenvalue weighted by Crippen LogP contribution is 2.15. The van der Waals surface area contributed by atoms with Crippen molar-refractivity contribution in [2.24, 2.45) is 0 Å². The second kappa shape index (κ2) is 5.56. The summed E-state index contributed by atoms with van der Waals surface area (Å²) in [6.45, 7) is 4.47. The van der Waals surface area contributed by atoms with Crippen LogP contribution >= 0.6 is 0 Å². The van der Waals surface area contributed by atoms with E-state index in [1.807, 2.05) is 44.2 Å². The first-order chi connectivity index (χ1) is 9.13. The van der Waals surface area contributed by atoms with Crippen LogP contribution in [0.2, 0.25) is 0 Å². The van der Waals surface area contributed by atoms with Gasteiger partial charge in [0, 0.05) is 6.54 Å². The number of aryl methyl sites for hydroxylation is 1. The van der Waals surface area contributed by atoms with Gasteiger partial charge in [-0.25, -0.2) is 0 Å². The van der Waals surface area contributed by atoms with Crippen molar-refractivity contribution in [3.63, 3.8) is 0 Å². The van der Waals surface area contributed by atoms with Crippen LogP contribution in [0.4, 0.5) is 5.69 Å². The number of hydrogen-bond acceptors (Lipinski definition) is 3. The first-order valence-corrected chi connectivity index (χ1v) is 6.30. The van der Waals surface area contributed by atoms with Crippen molar-refractivity contribution in [1.29, 1.82) is 0 Å². The van der Waals surface area contributed by atoms with Gasteiger partial charge in [-0.2, -0.15) is 5.10 Å². The Hall–Kier alpha value is -2.30. The van der Waals surface area contributed by atoms with Gasteiger partial charge in [0.05, 0.1) is 17.9 Å². The van der Waals surface area contributed by atoms with Crippen molar-refractivity contribution in [1.82, 2.24) is 15.1 Å². The Labute approximate surface area is 112 Å². The number of carbonyl (C=O) groups excluding carboxylic acids is 1. The summed E-state index contributed by atoms with van der Waals surface area (Å²) < 4.78 is 1.60. The third-order valence-electron chi connectivity index (χ3n) is 3.03. The Morgan fingerprint density at radius 3 is 2.74 bits per heavy atom. The van der Waals surface area contributed by atoms with Gasteiger partial charge in [0.1, 0.15) is 5.69 Å². The number of benzene rings is 1. The molecule has 0 bridgehead atoms. The van der Waals surface area contributed by atoms with Crippen LogP contribution in [0.25, 0.3) is 0 Å². The Kier molecular flexibility index (Phi) is 3.85. The molecule has 0 aliphatic heterocycles. The fourth-order valence-corrected chi connectivity index (χ4v) is 1.98. The van der Waals surface area contributed by atoms with Crippen LogP contribution < -0.4 is 11.1 Å². The molecule has 0 aliphatic rings. The summed E-state index contributed by atoms with van der Waals surface area (Å²) in [5, 5.41) is 7.00. The van der Waals surface area contributed by atoms with Crippen LogP contribution in [0, 0.1) is 0 Å². The van der Waals surface area contributed by atoms with E-state index in [1.165, 1.54) is 6.20 Å². The summed E-state index contributed by atoms with van der Waals surface area (Å²) in [4.78, 5) is 12.2. The fourth-order valence-electron chi connectivity index (χ4n) is 1.98. The molecule has 1 amide bonds. The smallest absolute Gasteiger partial charge is 0.272 e. The van der Waals surface area contributed by atoms with Crippen molar-refractivity contribution in [3.8, 4) is 0 Å². The van der Waals surface area contributed by atoms with Crippen LogP contribution in [-0.2, 0) is 6.54 Å². The topological polar surface area (TPSA) is 72.9 Å². The molecule has 0 spiro atoms. The highest BCUT2D eigenvalue weighted by Gasteiger charge is 2.18. The Balaban J connectivity index is 2.15. The van der Waals surface area contributed by atoms with Gasteiger partial charge < -0.3 is 11.1 Å². The lowest BCUT2D eigenvalue weighted by Crippen LogP contribution is -2.29. The van der Waals surface area contributed by atoms with E-state index in [0.717, 1.165) is 5.56 Å². The van der Waals surface area contributed by atoms with E-state index in [9.17, 15) is 4.79 Å². The first kappa shape index (κ1) is 13.1. The standard InChI is InChI=1S/C14H18N4O/c1-3-18-13(12(15)9-16-18)14(19)17-10(2)11-7-5-4-6-8-11/h4-10H,3,15H2,1-2H3,(H,17,19)/t10-/m1/s1. The highest BCUT2D eigenvalue weighted by molar-refractivity contribution is 5.97. The van der Waals surface area contributed by atoms with Gasteiger partial charge in [-0.1, -0.05) is 30.3 Å². The molecule has 0 saturated heterocycles. The number of nitrogen functional groups attached to an aromatic ring is 1. The minimum Gasteiger partial charge on any atom is -0.396 e. The number of amides is 1. The van der Waals surface area contributed by atoms with Crippen molar-refractivity contribution in [2.45, 2.75) is 26.4 Å². The molecule has 1 atom stereocenters. The van der Waals surface area contributed by atoms with Gasteiger partial charge in [0.2, 0.25) is 0 Å². The van der Waals surface area contributed by atoms with Crippen LogP contribution in [0.5, 0.6) is 0 Å². The number of anilines is 1. The van der Waals surface area contributed by atoms with Gasteiger partial charge in [-0.15, -0.1) is 0 Å². The molecule has 0 fully saturated rings. The summed E-state index contributed by atoms with van der Waals surface area (Å²) in [6.07, 6.45) is 1.51. The predicted octanol–water partition coefficient (Wildman–Crippen LogP) is 1.98. The zero-order chi connectivity index (χ0) is 13.8. The summed E-state index contributed by atoms with van der Waals surface area (Å²) in [5.41, 5.74) is 7.66. The van der Waals surface area contributed by atoms with Gasteiger partial charge >= 0.3 is 0 Å². The number of nitrogens with zero attached hydrogens (tertiary/aromatic N) is 2. The number of nitrogens with two attached hydrogens (primary N) is 1. The monoisotopic (exact) mass is 258 g/mol. The van der Waals surface area contributed by atoms with E-state index >= 15 is 0 Å². The molecule has 100 valence electrons. The van der Waals surface area contributed by atoms with E-state index in [-0.39, 0.29) is 11.9 Å². The van der Waals surface area contributed by atoms with E-state index in [4.69, 9.17) is 5.73 Å². The fraction of sp³-hybridized carbons (Fsp3) is 0.286. The normalized spacial score (nSPS) is 12.1. The maximum Gasteiger partial charge on any atom is 0.272 e. The summed E-state index contributed by atoms with van der Waals surface area (Å²) in [5.74, 6) is -0.201. The van der Waals surface area contributed by atoms with Crippen molar-refractivity contribution < 1.29 is 4.79 Å². The van der Waals surface area contributed by atoms with Crippen molar-refractivity contribution in [2.75, 3.05) is 5.73 Å². The SMILES string of the molecule is CCn1ncc(N)c1C(=O)N[C@H](C)c1ccccc1. The number of aromatic nitrogens is 2. The second-order valence-electron chi connectivity index (χ2n) is 4.37. The average molecular weight is 258 g/mol. The zero-order valence-electron chi connectivity index (χ0n) is 11.1. The van der Waals surface area contributed by atoms with E-state index in [0.29, 0.717) is 17.9 Å². The molecule has 3 N–H and O–H groups in total.